The molecule has 0 fully saturated rings. The van der Waals surface area contributed by atoms with E-state index in [1.165, 1.54) is 22.0 Å². The Labute approximate surface area is 125 Å². The highest BCUT2D eigenvalue weighted by Gasteiger charge is 2.19. The van der Waals surface area contributed by atoms with Crippen molar-refractivity contribution in [2.45, 2.75) is 19.9 Å². The summed E-state index contributed by atoms with van der Waals surface area (Å²) in [6.07, 6.45) is 0. The van der Waals surface area contributed by atoms with Crippen LogP contribution in [0, 0.1) is 6.92 Å². The van der Waals surface area contributed by atoms with Crippen molar-refractivity contribution in [2.24, 2.45) is 7.05 Å². The zero-order chi connectivity index (χ0) is 14.8. The molecule has 0 aliphatic heterocycles. The average Bonchev–Trinajstić information content (AvgIpc) is 2.83. The molecule has 3 heteroatoms. The first-order valence-corrected chi connectivity index (χ1v) is 7.42. The van der Waals surface area contributed by atoms with Crippen molar-refractivity contribution in [1.82, 2.24) is 15.1 Å². The van der Waals surface area contributed by atoms with E-state index in [0.29, 0.717) is 0 Å². The Balaban J connectivity index is 2.18. The second-order valence-corrected chi connectivity index (χ2v) is 5.39. The molecule has 0 aliphatic rings. The summed E-state index contributed by atoms with van der Waals surface area (Å²) < 4.78 is 1.98. The minimum Gasteiger partial charge on any atom is -0.305 e. The van der Waals surface area contributed by atoms with Gasteiger partial charge in [-0.05, 0) is 35.9 Å². The Bertz CT molecular complexity index is 753. The third kappa shape index (κ3) is 2.57. The Morgan fingerprint density at radius 1 is 1.14 bits per heavy atom. The quantitative estimate of drug-likeness (QED) is 0.791. The summed E-state index contributed by atoms with van der Waals surface area (Å²) in [4.78, 5) is 0. The summed E-state index contributed by atoms with van der Waals surface area (Å²) in [5.74, 6) is 0. The highest BCUT2D eigenvalue weighted by atomic mass is 15.3. The van der Waals surface area contributed by atoms with Gasteiger partial charge in [0.2, 0.25) is 0 Å². The van der Waals surface area contributed by atoms with Gasteiger partial charge in [-0.15, -0.1) is 0 Å². The molecule has 3 nitrogen and oxygen atoms in total. The zero-order valence-electron chi connectivity index (χ0n) is 12.8. The van der Waals surface area contributed by atoms with Gasteiger partial charge in [0.05, 0.1) is 17.4 Å². The second kappa shape index (κ2) is 5.70. The molecule has 0 saturated heterocycles. The molecule has 1 heterocycles. The Kier molecular flexibility index (Phi) is 3.76. The van der Waals surface area contributed by atoms with Crippen molar-refractivity contribution in [3.05, 3.63) is 65.5 Å². The summed E-state index contributed by atoms with van der Waals surface area (Å²) in [6, 6.07) is 17.4. The third-order valence-corrected chi connectivity index (χ3v) is 3.88. The van der Waals surface area contributed by atoms with Crippen LogP contribution in [0.15, 0.2) is 48.5 Å². The normalized spacial score (nSPS) is 12.7. The van der Waals surface area contributed by atoms with Gasteiger partial charge in [0.25, 0.3) is 0 Å². The molecule has 3 rings (SSSR count). The number of hydrogen-bond donors (Lipinski definition) is 1. The molecule has 0 radical (unpaired) electrons. The van der Waals surface area contributed by atoms with Gasteiger partial charge in [-0.25, -0.2) is 0 Å². The van der Waals surface area contributed by atoms with Crippen LogP contribution in [0.25, 0.3) is 10.8 Å². The number of nitrogens with zero attached hydrogens (tertiary/aromatic N) is 2. The molecule has 0 amide bonds. The average molecular weight is 279 g/mol. The van der Waals surface area contributed by atoms with E-state index in [-0.39, 0.29) is 6.04 Å². The minimum absolute atomic E-state index is 0.160. The van der Waals surface area contributed by atoms with Crippen LogP contribution in [0.4, 0.5) is 0 Å². The number of rotatable bonds is 4. The van der Waals surface area contributed by atoms with Gasteiger partial charge in [0, 0.05) is 7.05 Å². The van der Waals surface area contributed by atoms with Gasteiger partial charge in [-0.1, -0.05) is 49.4 Å². The second-order valence-electron chi connectivity index (χ2n) is 5.39. The van der Waals surface area contributed by atoms with Crippen LogP contribution in [-0.4, -0.2) is 16.3 Å². The van der Waals surface area contributed by atoms with Crippen molar-refractivity contribution in [2.75, 3.05) is 6.54 Å². The fourth-order valence-electron chi connectivity index (χ4n) is 2.98. The lowest BCUT2D eigenvalue weighted by molar-refractivity contribution is 0.575. The fourth-order valence-corrected chi connectivity index (χ4v) is 2.98. The van der Waals surface area contributed by atoms with E-state index in [1.54, 1.807) is 0 Å². The molecule has 0 saturated carbocycles. The monoisotopic (exact) mass is 279 g/mol. The molecule has 0 aliphatic carbocycles. The van der Waals surface area contributed by atoms with Gasteiger partial charge in [-0.2, -0.15) is 5.10 Å². The molecule has 0 bridgehead atoms. The molecule has 108 valence electrons. The molecule has 3 aromatic rings. The van der Waals surface area contributed by atoms with E-state index in [2.05, 4.69) is 65.9 Å². The molecule has 1 aromatic heterocycles. The summed E-state index contributed by atoms with van der Waals surface area (Å²) in [6.45, 7) is 5.09. The van der Waals surface area contributed by atoms with Crippen molar-refractivity contribution in [3.8, 4) is 0 Å². The van der Waals surface area contributed by atoms with E-state index >= 15 is 0 Å². The van der Waals surface area contributed by atoms with Crippen molar-refractivity contribution in [3.63, 3.8) is 0 Å². The van der Waals surface area contributed by atoms with Crippen LogP contribution in [0.3, 0.4) is 0 Å². The largest absolute Gasteiger partial charge is 0.305 e. The topological polar surface area (TPSA) is 29.9 Å². The first-order chi connectivity index (χ1) is 10.2. The van der Waals surface area contributed by atoms with Crippen molar-refractivity contribution >= 4 is 10.8 Å². The molecule has 0 spiro atoms. The summed E-state index contributed by atoms with van der Waals surface area (Å²) >= 11 is 0. The van der Waals surface area contributed by atoms with Crippen molar-refractivity contribution in [1.29, 1.82) is 0 Å². The molecule has 21 heavy (non-hydrogen) atoms. The molecule has 1 N–H and O–H groups in total. The fraction of sp³-hybridized carbons (Fsp3) is 0.278. The zero-order valence-corrected chi connectivity index (χ0v) is 12.8. The number of nitrogens with one attached hydrogen (secondary N) is 1. The molecular weight excluding hydrogens is 258 g/mol. The third-order valence-electron chi connectivity index (χ3n) is 3.88. The lowest BCUT2D eigenvalue weighted by atomic mass is 9.96. The van der Waals surface area contributed by atoms with Crippen LogP contribution in [0.1, 0.15) is 29.9 Å². The molecular formula is C18H21N3. The number of aromatic nitrogens is 2. The smallest absolute Gasteiger partial charge is 0.0754 e. The summed E-state index contributed by atoms with van der Waals surface area (Å²) in [5.41, 5.74) is 3.55. The first-order valence-electron chi connectivity index (χ1n) is 7.42. The molecule has 2 aromatic carbocycles. The van der Waals surface area contributed by atoms with Crippen molar-refractivity contribution < 1.29 is 0 Å². The van der Waals surface area contributed by atoms with Crippen LogP contribution >= 0.6 is 0 Å². The predicted molar refractivity (Wildman–Crippen MR) is 87.4 cm³/mol. The lowest BCUT2D eigenvalue weighted by Gasteiger charge is -2.20. The molecule has 1 atom stereocenters. The predicted octanol–water partition coefficient (Wildman–Crippen LogP) is 3.58. The SMILES string of the molecule is CCNC(c1cccc2ccccc12)c1cc(C)nn1C. The van der Waals surface area contributed by atoms with E-state index < -0.39 is 0 Å². The number of hydrogen-bond acceptors (Lipinski definition) is 2. The first kappa shape index (κ1) is 13.8. The standard InChI is InChI=1S/C18H21N3/c1-4-19-18(17-12-13(2)20-21(17)3)16-11-7-9-14-8-5-6-10-15(14)16/h5-12,18-19H,4H2,1-3H3. The van der Waals surface area contributed by atoms with Crippen LogP contribution in [-0.2, 0) is 7.05 Å². The maximum absolute atomic E-state index is 4.50. The number of aryl methyl sites for hydroxylation is 2. The van der Waals surface area contributed by atoms with E-state index in [0.717, 1.165) is 12.2 Å². The highest BCUT2D eigenvalue weighted by Crippen LogP contribution is 2.29. The summed E-state index contributed by atoms with van der Waals surface area (Å²) in [5, 5.41) is 10.7. The molecule has 1 unspecified atom stereocenters. The lowest BCUT2D eigenvalue weighted by Crippen LogP contribution is -2.24. The Morgan fingerprint density at radius 3 is 2.62 bits per heavy atom. The maximum Gasteiger partial charge on any atom is 0.0754 e. The summed E-state index contributed by atoms with van der Waals surface area (Å²) in [7, 11) is 2.01. The van der Waals surface area contributed by atoms with Crippen LogP contribution < -0.4 is 5.32 Å². The minimum atomic E-state index is 0.160. The van der Waals surface area contributed by atoms with Crippen LogP contribution in [0.5, 0.6) is 0 Å². The van der Waals surface area contributed by atoms with Gasteiger partial charge in [0.1, 0.15) is 0 Å². The van der Waals surface area contributed by atoms with E-state index in [4.69, 9.17) is 0 Å². The Hall–Kier alpha value is -2.13. The number of benzene rings is 2. The highest BCUT2D eigenvalue weighted by molar-refractivity contribution is 5.86. The van der Waals surface area contributed by atoms with Gasteiger partial charge < -0.3 is 5.32 Å². The van der Waals surface area contributed by atoms with E-state index in [9.17, 15) is 0 Å². The van der Waals surface area contributed by atoms with Gasteiger partial charge in [0.15, 0.2) is 0 Å². The number of fused-ring (bicyclic) bond motifs is 1. The van der Waals surface area contributed by atoms with Gasteiger partial charge >= 0.3 is 0 Å². The van der Waals surface area contributed by atoms with E-state index in [1.807, 2.05) is 18.7 Å². The van der Waals surface area contributed by atoms with Crippen LogP contribution in [0.2, 0.25) is 0 Å². The van der Waals surface area contributed by atoms with Gasteiger partial charge in [-0.3, -0.25) is 4.68 Å². The Morgan fingerprint density at radius 2 is 1.90 bits per heavy atom. The maximum atomic E-state index is 4.50.